The van der Waals surface area contributed by atoms with Gasteiger partial charge in [-0.1, -0.05) is 0 Å². The minimum absolute atomic E-state index is 0.407. The Morgan fingerprint density at radius 2 is 0.511 bits per heavy atom. The van der Waals surface area contributed by atoms with Gasteiger partial charge in [0.2, 0.25) is 0 Å². The molecule has 21 aromatic rings. The summed E-state index contributed by atoms with van der Waals surface area (Å²) in [6, 6.07) is 0. The summed E-state index contributed by atoms with van der Waals surface area (Å²) in [6.45, 7) is 13.5. The Kier molecular flexibility index (Phi) is 4.69. The number of hydrogen-bond donors (Lipinski definition) is 0. The smallest absolute Gasteiger partial charge is 0.196 e. The van der Waals surface area contributed by atoms with Crippen molar-refractivity contribution in [2.45, 2.75) is 112 Å². The third kappa shape index (κ3) is 2.57. The SMILES string of the molecule is C#CCCCO[C@]12C3=C4C5(OOC(C)(C)C)C6=C3[C@]3(OCCCC#C)c7c8c9c%10c(c%11c%12c%13c(c%14c%15c%16c(c1c1c%17c2c3c2c7c3c9c7c9c%10c%12c%10c%12c%13c%15c%13c%15c%16c1c1c%16c%17c2c2c3c7c3c(c%109)c(c%12%13)c(c%151)c3c%162)[C@@]4%14OC)C%115OOC(C)(C)C)[C@@]68OC. The molecule has 8 heteroatoms. The molecule has 21 aromatic carbocycles. The highest BCUT2D eigenvalue weighted by molar-refractivity contribution is 6.77. The first-order chi connectivity index (χ1) is 42.9. The zero-order valence-corrected chi connectivity index (χ0v) is 48.7. The van der Waals surface area contributed by atoms with Gasteiger partial charge in [0.1, 0.15) is 22.4 Å². The molecule has 0 N–H and O–H groups in total. The van der Waals surface area contributed by atoms with Gasteiger partial charge >= 0.3 is 0 Å². The molecule has 406 valence electrons. The normalized spacial score (nSPS) is 28.3. The van der Waals surface area contributed by atoms with Crippen LogP contribution >= 0.6 is 0 Å². The van der Waals surface area contributed by atoms with Gasteiger partial charge in [0.25, 0.3) is 0 Å². The number of methoxy groups -OCH3 is 2. The number of hydrogen-bond acceptors (Lipinski definition) is 8. The molecule has 0 radical (unpaired) electrons. The van der Waals surface area contributed by atoms with Gasteiger partial charge in [-0.05, 0) is 270 Å². The molecule has 0 bridgehead atoms. The van der Waals surface area contributed by atoms with Crippen LogP contribution in [0.2, 0.25) is 0 Å². The quantitative estimate of drug-likeness (QED) is 0.0351. The molecule has 0 aromatic heterocycles. The minimum Gasteiger partial charge on any atom is -0.364 e. The van der Waals surface area contributed by atoms with E-state index >= 15 is 0 Å². The van der Waals surface area contributed by atoms with Gasteiger partial charge in [0, 0.05) is 118 Å². The molecule has 32 rings (SSSR count). The van der Waals surface area contributed by atoms with Crippen molar-refractivity contribution in [1.29, 1.82) is 0 Å². The molecule has 11 aliphatic carbocycles. The first kappa shape index (κ1) is 41.1. The predicted molar refractivity (Wildman–Crippen MR) is 344 cm³/mol. The Balaban J connectivity index is 1.06. The fourth-order valence-corrected chi connectivity index (χ4v) is 26.9. The second kappa shape index (κ2) is 10.0. The van der Waals surface area contributed by atoms with Crippen LogP contribution < -0.4 is 0 Å². The largest absolute Gasteiger partial charge is 0.364 e. The fraction of sp³-hybridized carbons (Fsp3) is 0.275. The Morgan fingerprint density at radius 1 is 0.295 bits per heavy atom. The molecule has 0 saturated carbocycles. The van der Waals surface area contributed by atoms with E-state index in [1.165, 1.54) is 249 Å². The van der Waals surface area contributed by atoms with Crippen molar-refractivity contribution in [3.05, 3.63) is 77.9 Å². The van der Waals surface area contributed by atoms with Crippen molar-refractivity contribution in [1.82, 2.24) is 0 Å². The summed E-state index contributed by atoms with van der Waals surface area (Å²) in [5.74, 6) is 6.07. The fourth-order valence-electron chi connectivity index (χ4n) is 26.9. The molecular formula is C80H38O8. The van der Waals surface area contributed by atoms with Crippen LogP contribution in [-0.4, -0.2) is 44.2 Å². The first-order valence-corrected chi connectivity index (χ1v) is 32.1. The Morgan fingerprint density at radius 3 is 0.750 bits per heavy atom. The molecule has 88 heavy (non-hydrogen) atoms. The second-order valence-corrected chi connectivity index (χ2v) is 31.6. The maximum Gasteiger partial charge on any atom is 0.196 e. The molecule has 0 spiro atoms. The maximum absolute atomic E-state index is 8.64. The van der Waals surface area contributed by atoms with Gasteiger partial charge in [0.15, 0.2) is 11.2 Å². The van der Waals surface area contributed by atoms with E-state index in [1.807, 2.05) is 14.2 Å². The van der Waals surface area contributed by atoms with E-state index in [0.717, 1.165) is 44.5 Å². The van der Waals surface area contributed by atoms with E-state index in [0.29, 0.717) is 38.9 Å². The van der Waals surface area contributed by atoms with Crippen LogP contribution in [0, 0.1) is 24.7 Å². The van der Waals surface area contributed by atoms with E-state index in [1.54, 1.807) is 0 Å². The van der Waals surface area contributed by atoms with Gasteiger partial charge in [-0.15, -0.1) is 24.7 Å². The van der Waals surface area contributed by atoms with E-state index in [9.17, 15) is 0 Å². The molecule has 0 aliphatic heterocycles. The number of terminal acetylenes is 2. The summed E-state index contributed by atoms with van der Waals surface area (Å²) in [5.41, 5.74) is 5.73. The lowest BCUT2D eigenvalue weighted by Crippen LogP contribution is -2.70. The first-order valence-electron chi connectivity index (χ1n) is 32.1. The summed E-state index contributed by atoms with van der Waals surface area (Å²) in [5, 5.41) is 56.1. The predicted octanol–water partition coefficient (Wildman–Crippen LogP) is 17.5. The van der Waals surface area contributed by atoms with Gasteiger partial charge in [-0.25, -0.2) is 19.6 Å². The topological polar surface area (TPSA) is 73.8 Å². The summed E-state index contributed by atoms with van der Waals surface area (Å²) >= 11 is 0. The van der Waals surface area contributed by atoms with E-state index in [-0.39, 0.29) is 0 Å². The molecule has 0 amide bonds. The number of ether oxygens (including phenoxy) is 4. The van der Waals surface area contributed by atoms with Gasteiger partial charge in [-0.3, -0.25) is 0 Å². The summed E-state index contributed by atoms with van der Waals surface area (Å²) in [4.78, 5) is 31.8. The molecule has 11 aliphatic rings. The number of unbranched alkanes of at least 4 members (excludes halogenated alkanes) is 2. The molecule has 0 saturated heterocycles. The molecule has 8 nitrogen and oxygen atoms in total. The lowest BCUT2D eigenvalue weighted by Gasteiger charge is -2.62. The maximum atomic E-state index is 8.64. The van der Waals surface area contributed by atoms with Gasteiger partial charge in [0.05, 0.1) is 11.2 Å². The van der Waals surface area contributed by atoms with Crippen LogP contribution in [0.4, 0.5) is 0 Å². The summed E-state index contributed by atoms with van der Waals surface area (Å²) in [6.07, 6.45) is 15.1. The van der Waals surface area contributed by atoms with Crippen molar-refractivity contribution in [3.63, 3.8) is 0 Å². The summed E-state index contributed by atoms with van der Waals surface area (Å²) < 4.78 is 33.8. The monoisotopic (exact) mass is 1130 g/mol. The second-order valence-electron chi connectivity index (χ2n) is 31.6. The van der Waals surface area contributed by atoms with Crippen LogP contribution in [0.15, 0.2) is 22.3 Å². The highest BCUT2D eigenvalue weighted by Crippen LogP contribution is 2.92. The average molecular weight is 1130 g/mol. The zero-order valence-electron chi connectivity index (χ0n) is 48.7. The average Bonchev–Trinajstić information content (AvgIpc) is 1.37. The Labute approximate surface area is 493 Å². The molecule has 6 atom stereocenters. The van der Waals surface area contributed by atoms with E-state index < -0.39 is 44.8 Å². The van der Waals surface area contributed by atoms with Crippen LogP contribution in [0.25, 0.3) is 215 Å². The van der Waals surface area contributed by atoms with Crippen LogP contribution in [-0.2, 0) is 66.5 Å². The van der Waals surface area contributed by atoms with Crippen LogP contribution in [0.3, 0.4) is 0 Å². The standard InChI is InChI=1S/C80H38O8/c1-11-13-15-17-83-75-59-49-39-29-24-19-20-22-23-21(19)26-32-30(24)40(39)50-52-42(32)44-34(26)36-28(23)38-37-27(22)35-33-25(20)31(29)41-43(33)53-55-45(35)47(37)57-58-48(38)46(36)56-54(44)64-62(52)76(60(50)59,84-18-16-14-12-2)70-69(75)71-77(81-9,63(53)61(75)51(41)49)65(55)67(57)79(87-85-73(3,4)5)68(58)66(56)78(64,82-10)72(70)80(71,79)88-86-74(6,7)8/h1-2H,13-18H2,3-10H3/t75-,76+,77-,78+,79?,80?. The third-order valence-electron chi connectivity index (χ3n) is 27.4. The molecule has 2 unspecified atom stereocenters. The highest BCUT2D eigenvalue weighted by atomic mass is 17.2. The molecule has 0 fully saturated rings. The number of benzene rings is 15. The lowest BCUT2D eigenvalue weighted by molar-refractivity contribution is -0.474. The van der Waals surface area contributed by atoms with Crippen molar-refractivity contribution in [2.75, 3.05) is 27.4 Å². The van der Waals surface area contributed by atoms with Crippen molar-refractivity contribution >= 4 is 215 Å². The molecular weight excluding hydrogens is 1090 g/mol. The van der Waals surface area contributed by atoms with Gasteiger partial charge < -0.3 is 18.9 Å². The van der Waals surface area contributed by atoms with Crippen LogP contribution in [0.1, 0.15) is 123 Å². The van der Waals surface area contributed by atoms with Crippen LogP contribution in [0.5, 0.6) is 0 Å². The Hall–Kier alpha value is -8.22. The summed E-state index contributed by atoms with van der Waals surface area (Å²) in [7, 11) is 4.00. The van der Waals surface area contributed by atoms with Crippen molar-refractivity contribution in [2.24, 2.45) is 0 Å². The number of rotatable bonds is 14. The van der Waals surface area contributed by atoms with E-state index in [4.69, 9.17) is 51.3 Å². The van der Waals surface area contributed by atoms with Crippen molar-refractivity contribution in [3.8, 4) is 24.7 Å². The third-order valence-corrected chi connectivity index (χ3v) is 27.4. The molecule has 0 heterocycles. The van der Waals surface area contributed by atoms with Crippen molar-refractivity contribution < 1.29 is 38.5 Å². The van der Waals surface area contributed by atoms with Gasteiger partial charge in [-0.2, -0.15) is 0 Å². The zero-order chi connectivity index (χ0) is 56.5. The van der Waals surface area contributed by atoms with E-state index in [2.05, 4.69) is 53.4 Å². The highest BCUT2D eigenvalue weighted by Gasteiger charge is 2.90. The lowest BCUT2D eigenvalue weighted by atomic mass is 9.49. The minimum atomic E-state index is -1.73. The Bertz CT molecular complexity index is 7070.